The molecule has 0 fully saturated rings. The summed E-state index contributed by atoms with van der Waals surface area (Å²) in [5, 5.41) is 2.76. The fourth-order valence-electron chi connectivity index (χ4n) is 1.93. The molecule has 0 aliphatic rings. The Bertz CT molecular complexity index is 686. The molecule has 2 aromatic carbocycles. The van der Waals surface area contributed by atoms with Gasteiger partial charge < -0.3 is 10.2 Å². The van der Waals surface area contributed by atoms with Crippen molar-refractivity contribution in [1.82, 2.24) is 0 Å². The Kier molecular flexibility index (Phi) is 4.63. The third kappa shape index (κ3) is 3.61. The van der Waals surface area contributed by atoms with Gasteiger partial charge in [-0.3, -0.25) is 4.79 Å². The molecule has 0 atom stereocenters. The van der Waals surface area contributed by atoms with E-state index < -0.39 is 5.82 Å². The van der Waals surface area contributed by atoms with Gasteiger partial charge in [0.1, 0.15) is 5.82 Å². The highest BCUT2D eigenvalue weighted by atomic mass is 79.9. The van der Waals surface area contributed by atoms with Crippen molar-refractivity contribution >= 4 is 33.2 Å². The zero-order valence-electron chi connectivity index (χ0n) is 12.1. The number of rotatable bonds is 3. The largest absolute Gasteiger partial charge is 0.375 e. The van der Waals surface area contributed by atoms with Crippen molar-refractivity contribution in [2.75, 3.05) is 24.3 Å². The minimum Gasteiger partial charge on any atom is -0.375 e. The summed E-state index contributed by atoms with van der Waals surface area (Å²) < 4.78 is 14.7. The normalized spacial score (nSPS) is 10.3. The highest BCUT2D eigenvalue weighted by molar-refractivity contribution is 9.10. The number of carbonyl (C=O) groups is 1. The van der Waals surface area contributed by atoms with Crippen LogP contribution in [0, 0.1) is 12.7 Å². The summed E-state index contributed by atoms with van der Waals surface area (Å²) in [6.45, 7) is 1.96. The molecule has 1 amide bonds. The fraction of sp³-hybridized carbons (Fsp3) is 0.188. The van der Waals surface area contributed by atoms with Crippen LogP contribution in [0.15, 0.2) is 40.9 Å². The number of hydrogen-bond donors (Lipinski definition) is 1. The van der Waals surface area contributed by atoms with Crippen LogP contribution >= 0.6 is 15.9 Å². The van der Waals surface area contributed by atoms with Crippen molar-refractivity contribution in [3.05, 3.63) is 57.8 Å². The SMILES string of the molecule is Cc1ccc(NC(=O)c2ccc(N(C)C)c(F)c2)c(Br)c1. The predicted molar refractivity (Wildman–Crippen MR) is 87.6 cm³/mol. The first kappa shape index (κ1) is 15.5. The van der Waals surface area contributed by atoms with Crippen molar-refractivity contribution in [3.8, 4) is 0 Å². The molecular formula is C16H16BrFN2O. The first-order valence-electron chi connectivity index (χ1n) is 6.43. The topological polar surface area (TPSA) is 32.3 Å². The second-order valence-electron chi connectivity index (χ2n) is 5.00. The fourth-order valence-corrected chi connectivity index (χ4v) is 2.52. The third-order valence-electron chi connectivity index (χ3n) is 3.06. The zero-order chi connectivity index (χ0) is 15.6. The summed E-state index contributed by atoms with van der Waals surface area (Å²) in [5.41, 5.74) is 2.47. The summed E-state index contributed by atoms with van der Waals surface area (Å²) in [4.78, 5) is 13.8. The maximum Gasteiger partial charge on any atom is 0.255 e. The smallest absolute Gasteiger partial charge is 0.255 e. The number of halogens is 2. The molecule has 2 aromatic rings. The Labute approximate surface area is 131 Å². The number of carbonyl (C=O) groups excluding carboxylic acids is 1. The third-order valence-corrected chi connectivity index (χ3v) is 3.72. The van der Waals surface area contributed by atoms with Gasteiger partial charge in [-0.15, -0.1) is 0 Å². The number of aryl methyl sites for hydroxylation is 1. The highest BCUT2D eigenvalue weighted by Crippen LogP contribution is 2.24. The van der Waals surface area contributed by atoms with E-state index >= 15 is 0 Å². The van der Waals surface area contributed by atoms with Crippen molar-refractivity contribution in [1.29, 1.82) is 0 Å². The molecule has 110 valence electrons. The molecular weight excluding hydrogens is 335 g/mol. The van der Waals surface area contributed by atoms with E-state index in [1.54, 1.807) is 31.1 Å². The van der Waals surface area contributed by atoms with Crippen molar-refractivity contribution in [3.63, 3.8) is 0 Å². The Morgan fingerprint density at radius 1 is 1.19 bits per heavy atom. The van der Waals surface area contributed by atoms with Crippen LogP contribution in [0.5, 0.6) is 0 Å². The summed E-state index contributed by atoms with van der Waals surface area (Å²) in [6.07, 6.45) is 0. The van der Waals surface area contributed by atoms with E-state index in [9.17, 15) is 9.18 Å². The maximum absolute atomic E-state index is 13.9. The lowest BCUT2D eigenvalue weighted by Gasteiger charge is -2.14. The molecule has 0 unspecified atom stereocenters. The molecule has 0 radical (unpaired) electrons. The first-order chi connectivity index (χ1) is 9.88. The minimum atomic E-state index is -0.421. The van der Waals surface area contributed by atoms with Gasteiger partial charge in [-0.25, -0.2) is 4.39 Å². The van der Waals surface area contributed by atoms with E-state index in [1.807, 2.05) is 25.1 Å². The van der Waals surface area contributed by atoms with Gasteiger partial charge in [-0.2, -0.15) is 0 Å². The second kappa shape index (κ2) is 6.26. The lowest BCUT2D eigenvalue weighted by Crippen LogP contribution is -2.15. The van der Waals surface area contributed by atoms with Gasteiger partial charge in [0.05, 0.1) is 11.4 Å². The minimum absolute atomic E-state index is 0.283. The highest BCUT2D eigenvalue weighted by Gasteiger charge is 2.12. The molecule has 0 heterocycles. The average molecular weight is 351 g/mol. The lowest BCUT2D eigenvalue weighted by molar-refractivity contribution is 0.102. The monoisotopic (exact) mass is 350 g/mol. The van der Waals surface area contributed by atoms with Crippen molar-refractivity contribution in [2.45, 2.75) is 6.92 Å². The van der Waals surface area contributed by atoms with Crippen molar-refractivity contribution < 1.29 is 9.18 Å². The number of amides is 1. The van der Waals surface area contributed by atoms with Gasteiger partial charge in [0.2, 0.25) is 0 Å². The number of nitrogens with zero attached hydrogens (tertiary/aromatic N) is 1. The van der Waals surface area contributed by atoms with Gasteiger partial charge in [-0.05, 0) is 58.7 Å². The van der Waals surface area contributed by atoms with Crippen LogP contribution in [-0.2, 0) is 0 Å². The molecule has 5 heteroatoms. The van der Waals surface area contributed by atoms with Crippen LogP contribution < -0.4 is 10.2 Å². The number of nitrogens with one attached hydrogen (secondary N) is 1. The summed E-state index contributed by atoms with van der Waals surface area (Å²) in [7, 11) is 3.50. The number of anilines is 2. The first-order valence-corrected chi connectivity index (χ1v) is 7.22. The molecule has 0 aliphatic carbocycles. The second-order valence-corrected chi connectivity index (χ2v) is 5.85. The Balaban J connectivity index is 2.22. The van der Waals surface area contributed by atoms with E-state index in [4.69, 9.17) is 0 Å². The van der Waals surface area contributed by atoms with Crippen molar-refractivity contribution in [2.24, 2.45) is 0 Å². The van der Waals surface area contributed by atoms with Gasteiger partial charge in [0.25, 0.3) is 5.91 Å². The van der Waals surface area contributed by atoms with E-state index in [0.717, 1.165) is 10.0 Å². The van der Waals surface area contributed by atoms with Crippen LogP contribution in [0.2, 0.25) is 0 Å². The van der Waals surface area contributed by atoms with E-state index in [1.165, 1.54) is 6.07 Å². The number of benzene rings is 2. The molecule has 21 heavy (non-hydrogen) atoms. The molecule has 3 nitrogen and oxygen atoms in total. The Morgan fingerprint density at radius 2 is 1.90 bits per heavy atom. The molecule has 0 aliphatic heterocycles. The summed E-state index contributed by atoms with van der Waals surface area (Å²) in [6, 6.07) is 10.1. The Hall–Kier alpha value is -1.88. The zero-order valence-corrected chi connectivity index (χ0v) is 13.7. The predicted octanol–water partition coefficient (Wildman–Crippen LogP) is 4.21. The van der Waals surface area contributed by atoms with Crippen LogP contribution in [0.25, 0.3) is 0 Å². The molecule has 1 N–H and O–H groups in total. The summed E-state index contributed by atoms with van der Waals surface area (Å²) in [5.74, 6) is -0.764. The molecule has 0 saturated carbocycles. The van der Waals surface area contributed by atoms with E-state index in [0.29, 0.717) is 11.4 Å². The van der Waals surface area contributed by atoms with Gasteiger partial charge in [0, 0.05) is 24.1 Å². The molecule has 2 rings (SSSR count). The molecule has 0 bridgehead atoms. The lowest BCUT2D eigenvalue weighted by atomic mass is 10.1. The van der Waals surface area contributed by atoms with Crippen LogP contribution in [0.4, 0.5) is 15.8 Å². The van der Waals surface area contributed by atoms with Gasteiger partial charge in [-0.1, -0.05) is 6.07 Å². The standard InChI is InChI=1S/C16H16BrFN2O/c1-10-4-6-14(12(17)8-10)19-16(21)11-5-7-15(20(2)3)13(18)9-11/h4-9H,1-3H3,(H,19,21). The quantitative estimate of drug-likeness (QED) is 0.898. The molecule has 0 saturated heterocycles. The van der Waals surface area contributed by atoms with E-state index in [-0.39, 0.29) is 11.5 Å². The van der Waals surface area contributed by atoms with Crippen LogP contribution in [0.1, 0.15) is 15.9 Å². The Morgan fingerprint density at radius 3 is 2.48 bits per heavy atom. The van der Waals surface area contributed by atoms with Crippen LogP contribution in [-0.4, -0.2) is 20.0 Å². The van der Waals surface area contributed by atoms with Gasteiger partial charge in [0.15, 0.2) is 0 Å². The maximum atomic E-state index is 13.9. The van der Waals surface area contributed by atoms with E-state index in [2.05, 4.69) is 21.2 Å². The van der Waals surface area contributed by atoms with Crippen LogP contribution in [0.3, 0.4) is 0 Å². The molecule has 0 aromatic heterocycles. The number of hydrogen-bond acceptors (Lipinski definition) is 2. The average Bonchev–Trinajstić information content (AvgIpc) is 2.41. The van der Waals surface area contributed by atoms with Gasteiger partial charge >= 0.3 is 0 Å². The summed E-state index contributed by atoms with van der Waals surface area (Å²) >= 11 is 3.40. The molecule has 0 spiro atoms.